The predicted molar refractivity (Wildman–Crippen MR) is 125 cm³/mol. The molecule has 0 aliphatic carbocycles. The second-order valence-electron chi connectivity index (χ2n) is 6.83. The number of furan rings is 1. The third kappa shape index (κ3) is 4.23. The van der Waals surface area contributed by atoms with E-state index in [1.807, 2.05) is 0 Å². The Hall–Kier alpha value is -2.88. The van der Waals surface area contributed by atoms with Crippen molar-refractivity contribution in [1.82, 2.24) is 4.98 Å². The van der Waals surface area contributed by atoms with Crippen molar-refractivity contribution in [3.8, 4) is 5.75 Å². The molecule has 0 unspecified atom stereocenters. The molecule has 4 aromatic rings. The number of thiazole rings is 1. The lowest BCUT2D eigenvalue weighted by atomic mass is 10.2. The Morgan fingerprint density at radius 3 is 2.72 bits per heavy atom. The Morgan fingerprint density at radius 2 is 2.03 bits per heavy atom. The van der Waals surface area contributed by atoms with Crippen LogP contribution in [0.4, 0.5) is 5.13 Å². The molecule has 4 rings (SSSR count). The molecule has 0 N–H and O–H groups in total. The highest BCUT2D eigenvalue weighted by Crippen LogP contribution is 2.39. The first kappa shape index (κ1) is 22.3. The summed E-state index contributed by atoms with van der Waals surface area (Å²) in [6, 6.07) is 12.9. The molecule has 0 spiro atoms. The van der Waals surface area contributed by atoms with Crippen molar-refractivity contribution in [3.63, 3.8) is 0 Å². The number of methoxy groups -OCH3 is 1. The number of fused-ring (bicyclic) bond motifs is 1. The van der Waals surface area contributed by atoms with E-state index in [4.69, 9.17) is 20.8 Å². The minimum absolute atomic E-state index is 0.0586. The standard InChI is InChI=1S/C22H19ClN2O5S2/c1-3-32(27,28)16-8-4-6-14(12-16)21(26)25(13-15-7-5-11-30-15)22-24-19-18(29-2)10-9-17(23)20(19)31-22/h4-12H,3,13H2,1-2H3. The fraction of sp³-hybridized carbons (Fsp3) is 0.182. The van der Waals surface area contributed by atoms with Crippen LogP contribution in [0.3, 0.4) is 0 Å². The van der Waals surface area contributed by atoms with Gasteiger partial charge in [0.05, 0.1) is 40.3 Å². The molecule has 0 saturated carbocycles. The molecular formula is C22H19ClN2O5S2. The van der Waals surface area contributed by atoms with E-state index in [-0.39, 0.29) is 22.8 Å². The highest BCUT2D eigenvalue weighted by molar-refractivity contribution is 7.91. The van der Waals surface area contributed by atoms with Crippen molar-refractivity contribution in [2.75, 3.05) is 17.8 Å². The first-order valence-corrected chi connectivity index (χ1v) is 12.5. The lowest BCUT2D eigenvalue weighted by Gasteiger charge is -2.19. The number of ether oxygens (including phenoxy) is 1. The fourth-order valence-electron chi connectivity index (χ4n) is 3.15. The number of carbonyl (C=O) groups excluding carboxylic acids is 1. The molecule has 0 aliphatic rings. The number of benzene rings is 2. The Morgan fingerprint density at radius 1 is 1.22 bits per heavy atom. The molecule has 166 valence electrons. The maximum absolute atomic E-state index is 13.5. The number of amides is 1. The lowest BCUT2D eigenvalue weighted by Crippen LogP contribution is -2.30. The third-order valence-electron chi connectivity index (χ3n) is 4.86. The van der Waals surface area contributed by atoms with Crippen LogP contribution in [0.15, 0.2) is 64.1 Å². The number of carbonyl (C=O) groups is 1. The van der Waals surface area contributed by atoms with Crippen LogP contribution >= 0.6 is 22.9 Å². The van der Waals surface area contributed by atoms with Gasteiger partial charge in [0, 0.05) is 5.56 Å². The number of aromatic nitrogens is 1. The van der Waals surface area contributed by atoms with Gasteiger partial charge in [-0.1, -0.05) is 35.9 Å². The molecule has 2 heterocycles. The van der Waals surface area contributed by atoms with Gasteiger partial charge >= 0.3 is 0 Å². The van der Waals surface area contributed by atoms with E-state index < -0.39 is 15.7 Å². The Labute approximate surface area is 194 Å². The molecule has 1 amide bonds. The van der Waals surface area contributed by atoms with Gasteiger partial charge in [0.1, 0.15) is 17.0 Å². The molecule has 0 aliphatic heterocycles. The van der Waals surface area contributed by atoms with Gasteiger partial charge < -0.3 is 9.15 Å². The van der Waals surface area contributed by atoms with Gasteiger partial charge in [-0.15, -0.1) is 0 Å². The molecule has 0 radical (unpaired) electrons. The van der Waals surface area contributed by atoms with Gasteiger partial charge in [0.2, 0.25) is 0 Å². The van der Waals surface area contributed by atoms with Crippen molar-refractivity contribution in [2.45, 2.75) is 18.4 Å². The fourth-order valence-corrected chi connectivity index (χ4v) is 5.33. The van der Waals surface area contributed by atoms with E-state index in [2.05, 4.69) is 4.98 Å². The summed E-state index contributed by atoms with van der Waals surface area (Å²) in [5.41, 5.74) is 0.767. The summed E-state index contributed by atoms with van der Waals surface area (Å²) in [6.45, 7) is 1.67. The molecule has 0 fully saturated rings. The number of sulfone groups is 1. The SMILES string of the molecule is CCS(=O)(=O)c1cccc(C(=O)N(Cc2ccco2)c2nc3c(OC)ccc(Cl)c3s2)c1. The largest absolute Gasteiger partial charge is 0.494 e. The molecule has 0 saturated heterocycles. The minimum atomic E-state index is -3.47. The molecule has 10 heteroatoms. The monoisotopic (exact) mass is 490 g/mol. The zero-order chi connectivity index (χ0) is 22.9. The second kappa shape index (κ2) is 8.93. The lowest BCUT2D eigenvalue weighted by molar-refractivity contribution is 0.0983. The summed E-state index contributed by atoms with van der Waals surface area (Å²) in [6.07, 6.45) is 1.52. The van der Waals surface area contributed by atoms with E-state index in [1.54, 1.807) is 43.3 Å². The van der Waals surface area contributed by atoms with E-state index in [0.29, 0.717) is 31.9 Å². The van der Waals surface area contributed by atoms with E-state index in [9.17, 15) is 13.2 Å². The summed E-state index contributed by atoms with van der Waals surface area (Å²) < 4.78 is 36.2. The molecule has 2 aromatic carbocycles. The summed E-state index contributed by atoms with van der Waals surface area (Å²) in [7, 11) is -1.93. The van der Waals surface area contributed by atoms with Crippen molar-refractivity contribution in [2.24, 2.45) is 0 Å². The zero-order valence-electron chi connectivity index (χ0n) is 17.2. The average molecular weight is 491 g/mol. The smallest absolute Gasteiger partial charge is 0.260 e. The number of nitrogens with zero attached hydrogens (tertiary/aromatic N) is 2. The van der Waals surface area contributed by atoms with Gasteiger partial charge in [-0.25, -0.2) is 13.4 Å². The topological polar surface area (TPSA) is 89.7 Å². The summed E-state index contributed by atoms with van der Waals surface area (Å²) in [5, 5.41) is 0.877. The van der Waals surface area contributed by atoms with Crippen LogP contribution in [0.2, 0.25) is 5.02 Å². The van der Waals surface area contributed by atoms with Crippen LogP contribution in [0.1, 0.15) is 23.0 Å². The minimum Gasteiger partial charge on any atom is -0.494 e. The van der Waals surface area contributed by atoms with Gasteiger partial charge in [-0.3, -0.25) is 9.69 Å². The quantitative estimate of drug-likeness (QED) is 0.354. The molecule has 32 heavy (non-hydrogen) atoms. The Kier molecular flexibility index (Phi) is 6.23. The van der Waals surface area contributed by atoms with Crippen LogP contribution in [0.25, 0.3) is 10.2 Å². The average Bonchev–Trinajstić information content (AvgIpc) is 3.48. The molecule has 2 aromatic heterocycles. The van der Waals surface area contributed by atoms with Crippen molar-refractivity contribution in [3.05, 3.63) is 71.1 Å². The summed E-state index contributed by atoms with van der Waals surface area (Å²) in [4.78, 5) is 19.7. The number of hydrogen-bond donors (Lipinski definition) is 0. The van der Waals surface area contributed by atoms with Gasteiger partial charge in [0.25, 0.3) is 5.91 Å². The Balaban J connectivity index is 1.82. The maximum atomic E-state index is 13.5. The van der Waals surface area contributed by atoms with Crippen LogP contribution in [0.5, 0.6) is 5.75 Å². The number of hydrogen-bond acceptors (Lipinski definition) is 7. The Bertz CT molecular complexity index is 1380. The maximum Gasteiger partial charge on any atom is 0.260 e. The van der Waals surface area contributed by atoms with Crippen LogP contribution < -0.4 is 9.64 Å². The van der Waals surface area contributed by atoms with Crippen LogP contribution in [-0.4, -0.2) is 32.2 Å². The second-order valence-corrected chi connectivity index (χ2v) is 10.5. The van der Waals surface area contributed by atoms with Crippen LogP contribution in [-0.2, 0) is 16.4 Å². The van der Waals surface area contributed by atoms with E-state index in [0.717, 1.165) is 0 Å². The number of halogens is 1. The van der Waals surface area contributed by atoms with Gasteiger partial charge in [-0.2, -0.15) is 0 Å². The highest BCUT2D eigenvalue weighted by atomic mass is 35.5. The third-order valence-corrected chi connectivity index (χ3v) is 8.13. The number of rotatable bonds is 7. The van der Waals surface area contributed by atoms with Crippen molar-refractivity contribution in [1.29, 1.82) is 0 Å². The molecule has 0 atom stereocenters. The molecule has 0 bridgehead atoms. The zero-order valence-corrected chi connectivity index (χ0v) is 19.6. The first-order chi connectivity index (χ1) is 15.3. The van der Waals surface area contributed by atoms with E-state index >= 15 is 0 Å². The summed E-state index contributed by atoms with van der Waals surface area (Å²) >= 11 is 7.60. The molecular weight excluding hydrogens is 472 g/mol. The first-order valence-electron chi connectivity index (χ1n) is 9.64. The van der Waals surface area contributed by atoms with Gasteiger partial charge in [-0.05, 0) is 42.5 Å². The van der Waals surface area contributed by atoms with Crippen LogP contribution in [0, 0.1) is 0 Å². The number of anilines is 1. The van der Waals surface area contributed by atoms with Crippen molar-refractivity contribution >= 4 is 54.0 Å². The normalized spacial score (nSPS) is 11.6. The predicted octanol–water partition coefficient (Wildman–Crippen LogP) is 5.19. The van der Waals surface area contributed by atoms with Crippen molar-refractivity contribution < 1.29 is 22.4 Å². The highest BCUT2D eigenvalue weighted by Gasteiger charge is 2.25. The van der Waals surface area contributed by atoms with E-state index in [1.165, 1.54) is 41.7 Å². The van der Waals surface area contributed by atoms with Gasteiger partial charge in [0.15, 0.2) is 15.0 Å². The molecule has 7 nitrogen and oxygen atoms in total. The summed E-state index contributed by atoms with van der Waals surface area (Å²) in [5.74, 6) is 0.613.